The monoisotopic (exact) mass is 366 g/mol. The van der Waals surface area contributed by atoms with Crippen molar-refractivity contribution in [2.24, 2.45) is 0 Å². The molecular formula is C20H22N4O3. The first-order valence-electron chi connectivity index (χ1n) is 8.71. The number of nitrogens with zero attached hydrogens (tertiary/aromatic N) is 3. The third-order valence-corrected chi connectivity index (χ3v) is 3.94. The number of aryl methyl sites for hydroxylation is 2. The van der Waals surface area contributed by atoms with Crippen LogP contribution in [0.5, 0.6) is 5.75 Å². The third-order valence-electron chi connectivity index (χ3n) is 3.94. The maximum atomic E-state index is 12.6. The van der Waals surface area contributed by atoms with Gasteiger partial charge >= 0.3 is 0 Å². The van der Waals surface area contributed by atoms with Crippen LogP contribution in [0.15, 0.2) is 61.1 Å². The van der Waals surface area contributed by atoms with Gasteiger partial charge in [-0.1, -0.05) is 12.1 Å². The Balaban J connectivity index is 1.59. The lowest BCUT2D eigenvalue weighted by Crippen LogP contribution is -2.15. The molecule has 2 heterocycles. The Labute approximate surface area is 158 Å². The fourth-order valence-corrected chi connectivity index (χ4v) is 2.54. The van der Waals surface area contributed by atoms with Crippen molar-refractivity contribution in [1.29, 1.82) is 0 Å². The summed E-state index contributed by atoms with van der Waals surface area (Å²) in [7, 11) is 1.60. The average Bonchev–Trinajstić information content (AvgIpc) is 3.15. The van der Waals surface area contributed by atoms with Crippen molar-refractivity contribution in [2.45, 2.75) is 13.0 Å². The average molecular weight is 366 g/mol. The van der Waals surface area contributed by atoms with Crippen LogP contribution in [0.3, 0.4) is 0 Å². The maximum absolute atomic E-state index is 12.6. The van der Waals surface area contributed by atoms with E-state index in [1.165, 1.54) is 5.56 Å². The molecule has 0 aliphatic rings. The van der Waals surface area contributed by atoms with Crippen LogP contribution >= 0.6 is 0 Å². The molecule has 0 radical (unpaired) electrons. The van der Waals surface area contributed by atoms with E-state index in [0.717, 1.165) is 13.0 Å². The molecule has 0 bridgehead atoms. The van der Waals surface area contributed by atoms with Gasteiger partial charge in [0.15, 0.2) is 5.82 Å². The standard InChI is InChI=1S/C20H22N4O3/c1-26-14-15-27-18-5-3-2-4-17(18)20(25)22-19-9-13-24(23-19)12-8-16-6-10-21-11-7-16/h2-7,9-11,13H,8,12,14-15H2,1H3,(H,22,23,25). The number of benzene rings is 1. The number of ether oxygens (including phenoxy) is 2. The highest BCUT2D eigenvalue weighted by atomic mass is 16.5. The Hall–Kier alpha value is -3.19. The van der Waals surface area contributed by atoms with Gasteiger partial charge in [-0.2, -0.15) is 5.10 Å². The number of rotatable bonds is 9. The molecule has 0 unspecified atom stereocenters. The first kappa shape index (κ1) is 18.6. The zero-order chi connectivity index (χ0) is 18.9. The van der Waals surface area contributed by atoms with E-state index in [1.807, 2.05) is 24.4 Å². The summed E-state index contributed by atoms with van der Waals surface area (Å²) in [5, 5.41) is 7.22. The number of carbonyl (C=O) groups excluding carboxylic acids is 1. The van der Waals surface area contributed by atoms with Crippen molar-refractivity contribution in [3.63, 3.8) is 0 Å². The second-order valence-corrected chi connectivity index (χ2v) is 5.86. The quantitative estimate of drug-likeness (QED) is 0.589. The fraction of sp³-hybridized carbons (Fsp3) is 0.250. The van der Waals surface area contributed by atoms with Crippen molar-refractivity contribution < 1.29 is 14.3 Å². The second-order valence-electron chi connectivity index (χ2n) is 5.86. The van der Waals surface area contributed by atoms with E-state index in [4.69, 9.17) is 9.47 Å². The molecule has 3 rings (SSSR count). The van der Waals surface area contributed by atoms with Crippen LogP contribution in [0.1, 0.15) is 15.9 Å². The van der Waals surface area contributed by atoms with Gasteiger partial charge in [0.25, 0.3) is 5.91 Å². The van der Waals surface area contributed by atoms with Gasteiger partial charge in [-0.15, -0.1) is 0 Å². The first-order chi connectivity index (χ1) is 13.3. The van der Waals surface area contributed by atoms with Crippen molar-refractivity contribution in [3.8, 4) is 5.75 Å². The summed E-state index contributed by atoms with van der Waals surface area (Å²) in [5.74, 6) is 0.757. The van der Waals surface area contributed by atoms with E-state index in [0.29, 0.717) is 30.3 Å². The largest absolute Gasteiger partial charge is 0.490 e. The van der Waals surface area contributed by atoms with E-state index < -0.39 is 0 Å². The lowest BCUT2D eigenvalue weighted by molar-refractivity contribution is 0.101. The number of aromatic nitrogens is 3. The number of nitrogens with one attached hydrogen (secondary N) is 1. The number of para-hydroxylation sites is 1. The van der Waals surface area contributed by atoms with Gasteiger partial charge in [-0.25, -0.2) is 0 Å². The van der Waals surface area contributed by atoms with E-state index in [2.05, 4.69) is 15.4 Å². The summed E-state index contributed by atoms with van der Waals surface area (Å²) in [6.45, 7) is 1.55. The Morgan fingerprint density at radius 2 is 1.93 bits per heavy atom. The lowest BCUT2D eigenvalue weighted by atomic mass is 10.2. The second kappa shape index (κ2) is 9.49. The molecule has 3 aromatic rings. The molecule has 1 amide bonds. The van der Waals surface area contributed by atoms with Gasteiger partial charge in [0.05, 0.1) is 12.2 Å². The van der Waals surface area contributed by atoms with Crippen LogP contribution in [0.4, 0.5) is 5.82 Å². The van der Waals surface area contributed by atoms with E-state index in [9.17, 15) is 4.79 Å². The van der Waals surface area contributed by atoms with Crippen molar-refractivity contribution in [3.05, 3.63) is 72.2 Å². The molecular weight excluding hydrogens is 344 g/mol. The number of pyridine rings is 1. The predicted octanol–water partition coefficient (Wildman–Crippen LogP) is 2.80. The highest BCUT2D eigenvalue weighted by Gasteiger charge is 2.13. The molecule has 0 spiro atoms. The van der Waals surface area contributed by atoms with Gasteiger partial charge in [-0.3, -0.25) is 14.5 Å². The molecule has 7 nitrogen and oxygen atoms in total. The molecule has 0 saturated carbocycles. The molecule has 0 aliphatic carbocycles. The maximum Gasteiger partial charge on any atom is 0.260 e. The highest BCUT2D eigenvalue weighted by Crippen LogP contribution is 2.19. The minimum atomic E-state index is -0.262. The molecule has 0 atom stereocenters. The minimum absolute atomic E-state index is 0.262. The summed E-state index contributed by atoms with van der Waals surface area (Å²) < 4.78 is 12.4. The van der Waals surface area contributed by atoms with Crippen LogP contribution in [0.2, 0.25) is 0 Å². The molecule has 0 aliphatic heterocycles. The van der Waals surface area contributed by atoms with Gasteiger partial charge in [0.2, 0.25) is 0 Å². The summed E-state index contributed by atoms with van der Waals surface area (Å²) in [6.07, 6.45) is 6.23. The smallest absolute Gasteiger partial charge is 0.260 e. The van der Waals surface area contributed by atoms with Crippen LogP contribution in [0.25, 0.3) is 0 Å². The Bertz CT molecular complexity index is 864. The van der Waals surface area contributed by atoms with Crippen molar-refractivity contribution >= 4 is 11.7 Å². The van der Waals surface area contributed by atoms with Gasteiger partial charge < -0.3 is 14.8 Å². The zero-order valence-electron chi connectivity index (χ0n) is 15.2. The Morgan fingerprint density at radius 1 is 1.11 bits per heavy atom. The third kappa shape index (κ3) is 5.39. The highest BCUT2D eigenvalue weighted by molar-refractivity contribution is 6.05. The molecule has 140 valence electrons. The van der Waals surface area contributed by atoms with Crippen LogP contribution in [-0.2, 0) is 17.7 Å². The number of anilines is 1. The van der Waals surface area contributed by atoms with Gasteiger partial charge in [-0.05, 0) is 36.2 Å². The SMILES string of the molecule is COCCOc1ccccc1C(=O)Nc1ccn(CCc2ccncc2)n1. The lowest BCUT2D eigenvalue weighted by Gasteiger charge is -2.10. The van der Waals surface area contributed by atoms with E-state index in [1.54, 1.807) is 48.5 Å². The molecule has 0 saturated heterocycles. The Morgan fingerprint density at radius 3 is 2.74 bits per heavy atom. The van der Waals surface area contributed by atoms with Crippen molar-refractivity contribution in [2.75, 3.05) is 25.6 Å². The molecule has 27 heavy (non-hydrogen) atoms. The topological polar surface area (TPSA) is 78.3 Å². The minimum Gasteiger partial charge on any atom is -0.490 e. The first-order valence-corrected chi connectivity index (χ1v) is 8.71. The van der Waals surface area contributed by atoms with Gasteiger partial charge in [0.1, 0.15) is 12.4 Å². The number of carbonyl (C=O) groups is 1. The molecule has 1 N–H and O–H groups in total. The fourth-order valence-electron chi connectivity index (χ4n) is 2.54. The summed E-state index contributed by atoms with van der Waals surface area (Å²) in [4.78, 5) is 16.6. The number of hydrogen-bond donors (Lipinski definition) is 1. The normalized spacial score (nSPS) is 10.6. The number of hydrogen-bond acceptors (Lipinski definition) is 5. The van der Waals surface area contributed by atoms with Gasteiger partial charge in [0, 0.05) is 38.3 Å². The zero-order valence-corrected chi connectivity index (χ0v) is 15.2. The summed E-state index contributed by atoms with van der Waals surface area (Å²) >= 11 is 0. The van der Waals surface area contributed by atoms with Crippen LogP contribution in [-0.4, -0.2) is 41.0 Å². The Kier molecular flexibility index (Phi) is 6.54. The van der Waals surface area contributed by atoms with E-state index in [-0.39, 0.29) is 5.91 Å². The predicted molar refractivity (Wildman–Crippen MR) is 102 cm³/mol. The molecule has 1 aromatic carbocycles. The van der Waals surface area contributed by atoms with E-state index >= 15 is 0 Å². The number of methoxy groups -OCH3 is 1. The summed E-state index contributed by atoms with van der Waals surface area (Å²) in [5.41, 5.74) is 1.65. The van der Waals surface area contributed by atoms with Crippen molar-refractivity contribution in [1.82, 2.24) is 14.8 Å². The molecule has 2 aromatic heterocycles. The molecule has 0 fully saturated rings. The molecule has 7 heteroatoms. The van der Waals surface area contributed by atoms with Crippen LogP contribution in [0, 0.1) is 0 Å². The van der Waals surface area contributed by atoms with Crippen LogP contribution < -0.4 is 10.1 Å². The summed E-state index contributed by atoms with van der Waals surface area (Å²) in [6, 6.07) is 12.8. The number of amides is 1.